The summed E-state index contributed by atoms with van der Waals surface area (Å²) in [5.41, 5.74) is 43.5. The number of benzene rings is 8. The van der Waals surface area contributed by atoms with Crippen LogP contribution in [0.2, 0.25) is 0 Å². The molecule has 0 unspecified atom stereocenters. The molecular weight excluding hydrogens is 1790 g/mol. The second-order valence-corrected chi connectivity index (χ2v) is 37.6. The molecule has 0 atom stereocenters. The molecule has 0 fully saturated rings. The summed E-state index contributed by atoms with van der Waals surface area (Å²) in [5, 5.41) is 22.6. The number of nitrogens with two attached hydrogens (primary N) is 6. The Morgan fingerprint density at radius 3 is 0.969 bits per heavy atom. The van der Waals surface area contributed by atoms with Crippen LogP contribution in [0.4, 0.5) is 56.9 Å². The molecule has 0 saturated heterocycles. The van der Waals surface area contributed by atoms with Crippen molar-refractivity contribution in [3.63, 3.8) is 0 Å². The molecule has 0 aromatic heterocycles. The van der Waals surface area contributed by atoms with E-state index in [0.717, 1.165) is 98.4 Å². The predicted octanol–water partition coefficient (Wildman–Crippen LogP) is 5.38. The fourth-order valence-electron chi connectivity index (χ4n) is 13.1. The van der Waals surface area contributed by atoms with Crippen molar-refractivity contribution in [2.45, 2.75) is 33.1 Å². The maximum Gasteiger partial charge on any atom is 0.221 e. The fourth-order valence-corrected chi connectivity index (χ4v) is 13.1. The number of carbonyl (C=O) groups excluding carboxylic acids is 9. The Bertz CT molecular complexity index is 6020. The van der Waals surface area contributed by atoms with E-state index in [0.29, 0.717) is 82.8 Å². The van der Waals surface area contributed by atoms with Crippen LogP contribution in [0.1, 0.15) is 160 Å². The van der Waals surface area contributed by atoms with E-state index in [9.17, 15) is 100 Å². The minimum Gasteiger partial charge on any atom is -0.726 e. The van der Waals surface area contributed by atoms with Crippen LogP contribution in [0.3, 0.4) is 0 Å². The van der Waals surface area contributed by atoms with Gasteiger partial charge in [0.15, 0.2) is 46.3 Å². The Labute approximate surface area is 761 Å². The van der Waals surface area contributed by atoms with Gasteiger partial charge in [-0.2, -0.15) is 0 Å². The number of aromatic hydroxyl groups is 1. The van der Waals surface area contributed by atoms with Crippen LogP contribution >= 0.6 is 0 Å². The van der Waals surface area contributed by atoms with Crippen molar-refractivity contribution >= 4 is 151 Å². The SMILES string of the molecule is CC(=O)Nc1cccc2c1C(=O)c1c(NCCC[N+](C)(C)C)ccc(N)c1C2=O.CC[N+](C)(C)CCCNc1ccc(N)c2c1C(=O)c1c(N)cccc1C2=O.COS(=O)(=O)[O-].COS(=O)(=O)[O-].COS(=O)(=O)[O-].COS(=O)(=O)[O-].C[N+](C)(C)CCCNc1ccc(N)c2c1C(=O)c1c(O)cccc1C2=O.C[N+](C)(C)CCOc1cccc2c1C(=O)c1c(N)ccc(N)c1C2=O. The van der Waals surface area contributed by atoms with Gasteiger partial charge < -0.3 is 102 Å². The first-order valence-corrected chi connectivity index (χ1v) is 45.1. The second kappa shape index (κ2) is 45.5. The lowest BCUT2D eigenvalue weighted by atomic mass is 9.81. The summed E-state index contributed by atoms with van der Waals surface area (Å²) in [6, 6.07) is 32.6. The number of likely N-dealkylation sites (N-methyl/N-ethyl adjacent to an activating group) is 1. The molecule has 0 heterocycles. The maximum absolute atomic E-state index is 13.4. The average molecular weight is 1900 g/mol. The number of ether oxygens (including phenoxy) is 1. The molecule has 45 heteroatoms. The number of nitrogens with zero attached hydrogens (tertiary/aromatic N) is 4. The number of hydrogen-bond acceptors (Lipinski definition) is 36. The Morgan fingerprint density at radius 2 is 0.618 bits per heavy atom. The molecule has 41 nitrogen and oxygen atoms in total. The smallest absolute Gasteiger partial charge is 0.221 e. The molecular formula is C86H112N14O27S4. The second-order valence-electron chi connectivity index (χ2n) is 33.0. The van der Waals surface area contributed by atoms with Crippen molar-refractivity contribution in [3.8, 4) is 11.5 Å². The summed E-state index contributed by atoms with van der Waals surface area (Å²) < 4.78 is 133. The van der Waals surface area contributed by atoms with E-state index < -0.39 is 41.6 Å². The lowest BCUT2D eigenvalue weighted by Gasteiger charge is -2.28. The van der Waals surface area contributed by atoms with Crippen molar-refractivity contribution in [1.29, 1.82) is 0 Å². The Balaban J connectivity index is 0.000000284. The number of rotatable bonds is 25. The predicted molar refractivity (Wildman–Crippen MR) is 489 cm³/mol. The molecule has 17 N–H and O–H groups in total. The number of phenols is 1. The third kappa shape index (κ3) is 30.9. The van der Waals surface area contributed by atoms with Crippen molar-refractivity contribution < 1.29 is 140 Å². The van der Waals surface area contributed by atoms with Gasteiger partial charge in [-0.25, -0.2) is 33.7 Å². The lowest BCUT2D eigenvalue weighted by molar-refractivity contribution is -0.888. The average Bonchev–Trinajstić information content (AvgIpc) is 0.756. The van der Waals surface area contributed by atoms with E-state index >= 15 is 0 Å². The van der Waals surface area contributed by atoms with Crippen LogP contribution in [0, 0.1) is 0 Å². The molecule has 1 amide bonds. The number of quaternary nitrogens is 4. The van der Waals surface area contributed by atoms with Crippen LogP contribution in [0.25, 0.3) is 0 Å². The van der Waals surface area contributed by atoms with Gasteiger partial charge in [0.2, 0.25) is 47.5 Å². The molecule has 0 radical (unpaired) electrons. The number of fused-ring (bicyclic) bond motifs is 8. The highest BCUT2D eigenvalue weighted by atomic mass is 32.3. The fraction of sp³-hybridized carbons (Fsp3) is 0.337. The van der Waals surface area contributed by atoms with Crippen molar-refractivity contribution in [3.05, 3.63) is 210 Å². The number of nitrogen functional groups attached to an aromatic ring is 6. The zero-order valence-corrected chi connectivity index (χ0v) is 78.7. The number of phenolic OH excluding ortho intramolecular Hbond substituents is 1. The number of ketones is 8. The largest absolute Gasteiger partial charge is 0.726 e. The quantitative estimate of drug-likeness (QED) is 0.0112. The van der Waals surface area contributed by atoms with Gasteiger partial charge in [-0.15, -0.1) is 0 Å². The summed E-state index contributed by atoms with van der Waals surface area (Å²) >= 11 is 0. The number of carbonyl (C=O) groups is 9. The van der Waals surface area contributed by atoms with Gasteiger partial charge in [-0.05, 0) is 79.7 Å². The normalized spacial score (nSPS) is 13.0. The van der Waals surface area contributed by atoms with E-state index in [1.165, 1.54) is 13.0 Å². The highest BCUT2D eigenvalue weighted by Gasteiger charge is 2.40. The number of hydrogen-bond donors (Lipinski definition) is 11. The van der Waals surface area contributed by atoms with E-state index in [2.05, 4.69) is 122 Å². The van der Waals surface area contributed by atoms with Gasteiger partial charge >= 0.3 is 0 Å². The van der Waals surface area contributed by atoms with E-state index in [4.69, 9.17) is 39.1 Å². The van der Waals surface area contributed by atoms with Crippen molar-refractivity contribution in [2.75, 3.05) is 221 Å². The van der Waals surface area contributed by atoms with E-state index in [1.54, 1.807) is 115 Å². The van der Waals surface area contributed by atoms with Crippen molar-refractivity contribution in [1.82, 2.24) is 0 Å². The van der Waals surface area contributed by atoms with Crippen LogP contribution in [-0.4, -0.2) is 292 Å². The summed E-state index contributed by atoms with van der Waals surface area (Å²) in [6.45, 7) is 10.8. The number of nitrogens with one attached hydrogen (secondary N) is 4. The molecule has 0 spiro atoms. The third-order valence-electron chi connectivity index (χ3n) is 19.8. The molecule has 0 bridgehead atoms. The summed E-state index contributed by atoms with van der Waals surface area (Å²) in [4.78, 5) is 116. The number of amides is 1. The topological polar surface area (TPSA) is 653 Å². The standard InChI is InChI=1S/C22H26N4O3.C21H26N4O2.C20H23N3O3.C19H21N3O3.4CH4O4S/c1-13(27)25-17-8-5-7-14-18(17)22(29)20-16(24-11-6-12-26(2,3)4)10-9-15(23)19(20)21(14)28;1-4-25(2,3)12-6-11-24-16-10-9-15(23)18-19(16)21(27)17-13(20(18)26)7-5-8-14(17)22;1-23(2,3)11-5-10-22-14-9-8-13(21)17-18(14)20(26)16-12(19(17)25)6-4-7-15(16)24;1-22(2,3)9-10-25-14-6-4-5-11-15(14)19(24)17-13(21)8-7-12(20)16(17)18(11)23;4*1-5-6(2,3)4/h5,7-10H,6,11-12H2,1-4H3,(H3-,23,24,25,27,28,29);5,7-10H,4,6,11-12H2,1-3H3,(H4-,22,23,24,26,27);4,6-9H,5,10-11H2,1-3H3,(H3-,21,22,24,25,26);4-8H,9-10H2,1-3H3,(H3-,20,21,23,24);4*1H3,(H,2,3,4). The summed E-state index contributed by atoms with van der Waals surface area (Å²) in [7, 11) is 8.83. The highest BCUT2D eigenvalue weighted by molar-refractivity contribution is 7.81. The van der Waals surface area contributed by atoms with Crippen LogP contribution in [0.15, 0.2) is 121 Å². The molecule has 4 aliphatic carbocycles. The van der Waals surface area contributed by atoms with Gasteiger partial charge in [-0.1, -0.05) is 48.5 Å². The molecule has 0 aliphatic heterocycles. The van der Waals surface area contributed by atoms with Gasteiger partial charge in [0.05, 0.1) is 205 Å². The third-order valence-corrected chi connectivity index (χ3v) is 21.4. The van der Waals surface area contributed by atoms with Crippen LogP contribution in [-0.2, 0) is 63.1 Å². The van der Waals surface area contributed by atoms with Crippen LogP contribution < -0.4 is 60.4 Å². The van der Waals surface area contributed by atoms with Gasteiger partial charge in [-0.3, -0.25) is 59.9 Å². The monoisotopic (exact) mass is 1900 g/mol. The first-order valence-electron chi connectivity index (χ1n) is 39.7. The van der Waals surface area contributed by atoms with Gasteiger partial charge in [0.25, 0.3) is 0 Å². The first kappa shape index (κ1) is 109. The van der Waals surface area contributed by atoms with E-state index in [-0.39, 0.29) is 153 Å². The summed E-state index contributed by atoms with van der Waals surface area (Å²) in [5.74, 6) is -2.57. The lowest BCUT2D eigenvalue weighted by Crippen LogP contribution is -2.40. The Morgan fingerprint density at radius 1 is 0.344 bits per heavy atom. The zero-order valence-electron chi connectivity index (χ0n) is 75.5. The van der Waals surface area contributed by atoms with E-state index in [1.807, 2.05) is 0 Å². The molecule has 8 aromatic carbocycles. The Hall–Kier alpha value is -12.3. The molecule has 12 rings (SSSR count). The molecule has 131 heavy (non-hydrogen) atoms. The molecule has 8 aromatic rings. The molecule has 712 valence electrons. The van der Waals surface area contributed by atoms with Gasteiger partial charge in [0, 0.05) is 119 Å². The van der Waals surface area contributed by atoms with Gasteiger partial charge in [0.1, 0.15) is 24.7 Å². The zero-order chi connectivity index (χ0) is 99.4. The van der Waals surface area contributed by atoms with Crippen LogP contribution in [0.5, 0.6) is 11.5 Å². The van der Waals surface area contributed by atoms with Crippen molar-refractivity contribution in [2.24, 2.45) is 0 Å². The Kier molecular flexibility index (Phi) is 37.9. The minimum atomic E-state index is -4.41. The minimum absolute atomic E-state index is 0.0463. The molecule has 0 saturated carbocycles. The molecule has 4 aliphatic rings. The highest BCUT2D eigenvalue weighted by Crippen LogP contribution is 2.43. The maximum atomic E-state index is 13.4. The first-order chi connectivity index (χ1) is 60.5. The number of anilines is 10. The summed E-state index contributed by atoms with van der Waals surface area (Å²) in [6.07, 6.45) is 2.76.